The van der Waals surface area contributed by atoms with Crippen molar-refractivity contribution in [1.82, 2.24) is 0 Å². The van der Waals surface area contributed by atoms with Gasteiger partial charge in [-0.2, -0.15) is 5.26 Å². The third-order valence-electron chi connectivity index (χ3n) is 4.68. The number of hydrogen-bond donors (Lipinski definition) is 2. The van der Waals surface area contributed by atoms with E-state index in [1.54, 1.807) is 26.0 Å². The number of esters is 1. The van der Waals surface area contributed by atoms with Crippen molar-refractivity contribution >= 4 is 43.9 Å². The number of ether oxygens (including phenoxy) is 1. The Hall–Kier alpha value is -3.68. The highest BCUT2D eigenvalue weighted by atomic mass is 32.2. The van der Waals surface area contributed by atoms with Crippen molar-refractivity contribution in [2.24, 2.45) is 0 Å². The predicted molar refractivity (Wildman–Crippen MR) is 126 cm³/mol. The number of carbonyl (C=O) groups excluding carboxylic acids is 2. The van der Waals surface area contributed by atoms with Crippen LogP contribution in [-0.4, -0.2) is 26.9 Å². The molecule has 0 bridgehead atoms. The topological polar surface area (TPSA) is 125 Å². The van der Waals surface area contributed by atoms with E-state index in [0.717, 1.165) is 16.9 Å². The van der Waals surface area contributed by atoms with Gasteiger partial charge in [0.2, 0.25) is 0 Å². The van der Waals surface area contributed by atoms with Gasteiger partial charge in [0.25, 0.3) is 15.9 Å². The van der Waals surface area contributed by atoms with Gasteiger partial charge in [-0.1, -0.05) is 17.7 Å². The van der Waals surface area contributed by atoms with E-state index in [4.69, 9.17) is 4.74 Å². The Bertz CT molecular complexity index is 1340. The van der Waals surface area contributed by atoms with Crippen LogP contribution in [0.5, 0.6) is 0 Å². The number of anilines is 2. The van der Waals surface area contributed by atoms with Crippen molar-refractivity contribution in [3.05, 3.63) is 75.7 Å². The Kier molecular flexibility index (Phi) is 7.16. The summed E-state index contributed by atoms with van der Waals surface area (Å²) in [5.41, 5.74) is 2.12. The van der Waals surface area contributed by atoms with Crippen LogP contribution < -0.4 is 10.0 Å². The first-order valence-electron chi connectivity index (χ1n) is 9.87. The molecule has 0 aliphatic heterocycles. The lowest BCUT2D eigenvalue weighted by molar-refractivity contribution is 0.0531. The van der Waals surface area contributed by atoms with E-state index in [-0.39, 0.29) is 32.5 Å². The largest absolute Gasteiger partial charge is 0.462 e. The van der Waals surface area contributed by atoms with Crippen LogP contribution in [0.4, 0.5) is 10.7 Å². The minimum absolute atomic E-state index is 0.129. The summed E-state index contributed by atoms with van der Waals surface area (Å²) in [6.07, 6.45) is 0. The Morgan fingerprint density at radius 2 is 1.70 bits per heavy atom. The average molecular weight is 484 g/mol. The predicted octanol–water partition coefficient (Wildman–Crippen LogP) is 4.47. The van der Waals surface area contributed by atoms with Crippen molar-refractivity contribution in [3.8, 4) is 6.07 Å². The fourth-order valence-corrected chi connectivity index (χ4v) is 5.03. The molecule has 0 atom stereocenters. The molecule has 33 heavy (non-hydrogen) atoms. The normalized spacial score (nSPS) is 10.8. The molecule has 1 amide bonds. The Morgan fingerprint density at radius 3 is 2.27 bits per heavy atom. The van der Waals surface area contributed by atoms with E-state index in [1.165, 1.54) is 36.4 Å². The molecule has 170 valence electrons. The molecule has 0 aliphatic carbocycles. The molecule has 10 heteroatoms. The summed E-state index contributed by atoms with van der Waals surface area (Å²) < 4.78 is 32.5. The van der Waals surface area contributed by atoms with Crippen LogP contribution in [-0.2, 0) is 14.8 Å². The van der Waals surface area contributed by atoms with E-state index >= 15 is 0 Å². The van der Waals surface area contributed by atoms with Gasteiger partial charge in [-0.05, 0) is 62.7 Å². The first-order valence-corrected chi connectivity index (χ1v) is 12.2. The van der Waals surface area contributed by atoms with Crippen molar-refractivity contribution in [2.75, 3.05) is 16.6 Å². The van der Waals surface area contributed by atoms with Gasteiger partial charge < -0.3 is 10.1 Å². The van der Waals surface area contributed by atoms with E-state index in [1.807, 2.05) is 13.0 Å². The molecule has 2 aromatic carbocycles. The molecule has 0 spiro atoms. The highest BCUT2D eigenvalue weighted by Gasteiger charge is 2.22. The molecular formula is C23H21N3O5S2. The fourth-order valence-electron chi connectivity index (χ4n) is 2.92. The maximum absolute atomic E-state index is 12.7. The molecular weight excluding hydrogens is 462 g/mol. The maximum atomic E-state index is 12.7. The summed E-state index contributed by atoms with van der Waals surface area (Å²) in [5, 5.41) is 12.3. The molecule has 0 saturated carbocycles. The smallest absolute Gasteiger partial charge is 0.348 e. The maximum Gasteiger partial charge on any atom is 0.348 e. The van der Waals surface area contributed by atoms with Crippen molar-refractivity contribution in [3.63, 3.8) is 0 Å². The monoisotopic (exact) mass is 483 g/mol. The van der Waals surface area contributed by atoms with Gasteiger partial charge in [-0.15, -0.1) is 11.3 Å². The van der Waals surface area contributed by atoms with Gasteiger partial charge >= 0.3 is 5.97 Å². The number of sulfonamides is 1. The van der Waals surface area contributed by atoms with Crippen LogP contribution in [0.15, 0.2) is 53.4 Å². The van der Waals surface area contributed by atoms with Crippen LogP contribution >= 0.6 is 11.3 Å². The Balaban J connectivity index is 1.76. The Morgan fingerprint density at radius 1 is 1.06 bits per heavy atom. The lowest BCUT2D eigenvalue weighted by Crippen LogP contribution is -2.14. The summed E-state index contributed by atoms with van der Waals surface area (Å²) in [5.74, 6) is -1.06. The van der Waals surface area contributed by atoms with E-state index in [9.17, 15) is 23.3 Å². The van der Waals surface area contributed by atoms with Gasteiger partial charge in [-0.3, -0.25) is 9.52 Å². The molecule has 1 heterocycles. The highest BCUT2D eigenvalue weighted by molar-refractivity contribution is 7.92. The molecule has 0 fully saturated rings. The SMILES string of the molecule is CCOC(=O)c1sc(NC(=O)c2ccc(NS(=O)(=O)c3ccc(C)cc3)cc2)c(C#N)c1C. The van der Waals surface area contributed by atoms with Gasteiger partial charge in [0.05, 0.1) is 17.1 Å². The van der Waals surface area contributed by atoms with Crippen LogP contribution in [0, 0.1) is 25.2 Å². The number of hydrogen-bond acceptors (Lipinski definition) is 7. The standard InChI is InChI=1S/C23H21N3O5S2/c1-4-31-23(28)20-15(3)19(13-24)22(32-20)25-21(27)16-7-9-17(10-8-16)26-33(29,30)18-11-5-14(2)6-12-18/h5-12,26H,4H2,1-3H3,(H,25,27). The molecule has 2 N–H and O–H groups in total. The summed E-state index contributed by atoms with van der Waals surface area (Å²) >= 11 is 0.971. The molecule has 0 saturated heterocycles. The van der Waals surface area contributed by atoms with Gasteiger partial charge in [0.1, 0.15) is 15.9 Å². The summed E-state index contributed by atoms with van der Waals surface area (Å²) in [4.78, 5) is 25.1. The van der Waals surface area contributed by atoms with E-state index in [0.29, 0.717) is 11.3 Å². The first-order chi connectivity index (χ1) is 15.7. The highest BCUT2D eigenvalue weighted by Crippen LogP contribution is 2.33. The number of aryl methyl sites for hydroxylation is 1. The third-order valence-corrected chi connectivity index (χ3v) is 7.26. The molecule has 3 aromatic rings. The van der Waals surface area contributed by atoms with E-state index in [2.05, 4.69) is 10.0 Å². The minimum Gasteiger partial charge on any atom is -0.462 e. The molecule has 1 aromatic heterocycles. The van der Waals surface area contributed by atoms with Crippen LogP contribution in [0.1, 0.15) is 43.6 Å². The van der Waals surface area contributed by atoms with Crippen molar-refractivity contribution < 1.29 is 22.7 Å². The molecule has 8 nitrogen and oxygen atoms in total. The zero-order valence-corrected chi connectivity index (χ0v) is 19.8. The number of nitrogens with one attached hydrogen (secondary N) is 2. The van der Waals surface area contributed by atoms with Gasteiger partial charge in [-0.25, -0.2) is 13.2 Å². The van der Waals surface area contributed by atoms with Crippen molar-refractivity contribution in [2.45, 2.75) is 25.7 Å². The number of thiophene rings is 1. The summed E-state index contributed by atoms with van der Waals surface area (Å²) in [7, 11) is -3.76. The number of benzene rings is 2. The summed E-state index contributed by atoms with van der Waals surface area (Å²) in [6.45, 7) is 5.35. The number of rotatable bonds is 7. The van der Waals surface area contributed by atoms with Crippen LogP contribution in [0.25, 0.3) is 0 Å². The van der Waals surface area contributed by atoms with Crippen molar-refractivity contribution in [1.29, 1.82) is 5.26 Å². The number of nitrogens with zero attached hydrogens (tertiary/aromatic N) is 1. The quantitative estimate of drug-likeness (QED) is 0.478. The van der Waals surface area contributed by atoms with E-state index < -0.39 is 21.9 Å². The molecule has 0 aliphatic rings. The zero-order valence-electron chi connectivity index (χ0n) is 18.1. The van der Waals surface area contributed by atoms with Gasteiger partial charge in [0.15, 0.2) is 0 Å². The average Bonchev–Trinajstić information content (AvgIpc) is 3.09. The Labute approximate surface area is 195 Å². The molecule has 0 unspecified atom stereocenters. The first kappa shape index (κ1) is 24.0. The number of amides is 1. The van der Waals surface area contributed by atoms with Crippen LogP contribution in [0.2, 0.25) is 0 Å². The second-order valence-electron chi connectivity index (χ2n) is 7.04. The van der Waals surface area contributed by atoms with Gasteiger partial charge in [0, 0.05) is 11.3 Å². The zero-order chi connectivity index (χ0) is 24.2. The minimum atomic E-state index is -3.76. The lowest BCUT2D eigenvalue weighted by atomic mass is 10.1. The third kappa shape index (κ3) is 5.39. The van der Waals surface area contributed by atoms with Crippen LogP contribution in [0.3, 0.4) is 0 Å². The molecule has 0 radical (unpaired) electrons. The number of carbonyl (C=O) groups is 2. The fraction of sp³-hybridized carbons (Fsp3) is 0.174. The lowest BCUT2D eigenvalue weighted by Gasteiger charge is -2.09. The number of nitriles is 1. The summed E-state index contributed by atoms with van der Waals surface area (Å²) in [6, 6.07) is 14.3. The second kappa shape index (κ2) is 9.85. The second-order valence-corrected chi connectivity index (χ2v) is 9.75. The molecule has 3 rings (SSSR count).